The van der Waals surface area contributed by atoms with Gasteiger partial charge in [0.25, 0.3) is 5.91 Å². The zero-order valence-electron chi connectivity index (χ0n) is 14.7. The van der Waals surface area contributed by atoms with Crippen molar-refractivity contribution in [2.24, 2.45) is 0 Å². The molecule has 1 amide bonds. The lowest BCUT2D eigenvalue weighted by molar-refractivity contribution is -0.150. The molecule has 0 radical (unpaired) electrons. The summed E-state index contributed by atoms with van der Waals surface area (Å²) in [6.45, 7) is -0.907. The third-order valence-electron chi connectivity index (χ3n) is 4.00. The Balaban J connectivity index is 2.65. The molecule has 0 aliphatic rings. The summed E-state index contributed by atoms with van der Waals surface area (Å²) in [7, 11) is -1.65. The van der Waals surface area contributed by atoms with Crippen molar-refractivity contribution >= 4 is 18.5 Å². The van der Waals surface area contributed by atoms with Crippen LogP contribution >= 0.6 is 0 Å². The first-order valence-electron chi connectivity index (χ1n) is 8.28. The summed E-state index contributed by atoms with van der Waals surface area (Å²) in [5.41, 5.74) is 4.99. The summed E-state index contributed by atoms with van der Waals surface area (Å²) in [6.07, 6.45) is -10.0. The van der Waals surface area contributed by atoms with Crippen molar-refractivity contribution in [3.63, 3.8) is 0 Å². The Hall–Kier alpha value is -1.65. The van der Waals surface area contributed by atoms with Gasteiger partial charge in [0.2, 0.25) is 0 Å². The molecule has 0 saturated heterocycles. The molecule has 0 fully saturated rings. The molecule has 0 spiro atoms. The Labute approximate surface area is 160 Å². The van der Waals surface area contributed by atoms with Crippen molar-refractivity contribution in [2.75, 3.05) is 6.61 Å². The lowest BCUT2D eigenvalue weighted by Gasteiger charge is -2.26. The summed E-state index contributed by atoms with van der Waals surface area (Å²) in [4.78, 5) is 11.8. The van der Waals surface area contributed by atoms with Crippen LogP contribution in [0.3, 0.4) is 0 Å². The molecule has 0 unspecified atom stereocenters. The van der Waals surface area contributed by atoms with Gasteiger partial charge < -0.3 is 45.8 Å². The summed E-state index contributed by atoms with van der Waals surface area (Å²) >= 11 is 0. The average molecular weight is 404 g/mol. The van der Waals surface area contributed by atoms with Crippen molar-refractivity contribution < 1.29 is 50.6 Å². The number of benzene rings is 1. The minimum atomic E-state index is -2.19. The number of nitrogens with one attached hydrogen (secondary N) is 2. The highest BCUT2D eigenvalue weighted by atomic mass is 16.5. The fourth-order valence-electron chi connectivity index (χ4n) is 2.23. The van der Waals surface area contributed by atoms with Crippen molar-refractivity contribution in [1.29, 1.82) is 0 Å². The van der Waals surface area contributed by atoms with Gasteiger partial charge in [-0.05, 0) is 17.4 Å². The Morgan fingerprint density at radius 3 is 2.00 bits per heavy atom. The second-order valence-corrected chi connectivity index (χ2v) is 6.15. The zero-order valence-corrected chi connectivity index (χ0v) is 14.7. The maximum atomic E-state index is 11.8. The van der Waals surface area contributed by atoms with Crippen molar-refractivity contribution in [2.45, 2.75) is 43.2 Å². The molecule has 0 aromatic heterocycles. The lowest BCUT2D eigenvalue weighted by Crippen LogP contribution is -2.57. The average Bonchev–Trinajstić information content (AvgIpc) is 2.68. The van der Waals surface area contributed by atoms with Gasteiger partial charge in [-0.3, -0.25) is 10.2 Å². The SMILES string of the molecule is O=C(NN[C@@H](Cc1ccc(B(O)O)cc1)C(O)O)[C@H](O)[C@@H](O)[C@H](O)[C@H](O)CO. The van der Waals surface area contributed by atoms with Gasteiger partial charge in [0.05, 0.1) is 12.6 Å². The van der Waals surface area contributed by atoms with Gasteiger partial charge in [0.1, 0.15) is 18.3 Å². The van der Waals surface area contributed by atoms with Gasteiger partial charge in [-0.15, -0.1) is 0 Å². The molecule has 1 aromatic carbocycles. The largest absolute Gasteiger partial charge is 0.488 e. The zero-order chi connectivity index (χ0) is 21.4. The second-order valence-electron chi connectivity index (χ2n) is 6.15. The number of hydrazine groups is 1. The quantitative estimate of drug-likeness (QED) is 0.0945. The van der Waals surface area contributed by atoms with E-state index in [4.69, 9.17) is 15.2 Å². The van der Waals surface area contributed by atoms with E-state index >= 15 is 0 Å². The summed E-state index contributed by atoms with van der Waals surface area (Å²) in [5, 5.41) is 83.7. The standard InChI is InChI=1S/C15H25BN2O10/c19-6-10(20)11(21)12(22)13(23)14(24)18-17-9(15(25)26)5-7-1-3-8(4-2-7)16(27)28/h1-4,9-13,15,17,19-23,25-28H,5-6H2,(H,18,24)/t9-,10+,11+,12-,13+/m0/s1. The number of hydrogen-bond acceptors (Lipinski definition) is 11. The van der Waals surface area contributed by atoms with Gasteiger partial charge in [0.15, 0.2) is 12.4 Å². The molecule has 158 valence electrons. The van der Waals surface area contributed by atoms with E-state index in [1.807, 2.05) is 5.43 Å². The van der Waals surface area contributed by atoms with Crippen LogP contribution in [0.1, 0.15) is 5.56 Å². The lowest BCUT2D eigenvalue weighted by atomic mass is 9.80. The first-order chi connectivity index (χ1) is 13.1. The predicted octanol–water partition coefficient (Wildman–Crippen LogP) is -6.36. The van der Waals surface area contributed by atoms with E-state index in [9.17, 15) is 35.4 Å². The van der Waals surface area contributed by atoms with Crippen molar-refractivity contribution in [1.82, 2.24) is 10.9 Å². The van der Waals surface area contributed by atoms with Gasteiger partial charge in [-0.2, -0.15) is 0 Å². The first-order valence-corrected chi connectivity index (χ1v) is 8.28. The van der Waals surface area contributed by atoms with Gasteiger partial charge in [-0.25, -0.2) is 5.43 Å². The van der Waals surface area contributed by atoms with Crippen molar-refractivity contribution in [3.05, 3.63) is 29.8 Å². The van der Waals surface area contributed by atoms with Gasteiger partial charge in [0, 0.05) is 0 Å². The predicted molar refractivity (Wildman–Crippen MR) is 94.4 cm³/mol. The number of rotatable bonds is 11. The van der Waals surface area contributed by atoms with Crippen LogP contribution in [0.4, 0.5) is 0 Å². The second kappa shape index (κ2) is 11.4. The van der Waals surface area contributed by atoms with E-state index in [0.717, 1.165) is 0 Å². The van der Waals surface area contributed by atoms with E-state index < -0.39 is 56.4 Å². The highest BCUT2D eigenvalue weighted by Crippen LogP contribution is 2.07. The van der Waals surface area contributed by atoms with Crippen molar-refractivity contribution in [3.8, 4) is 0 Å². The minimum Gasteiger partial charge on any atom is -0.423 e. The van der Waals surface area contributed by atoms with Gasteiger partial charge in [-0.1, -0.05) is 24.3 Å². The number of carbonyl (C=O) groups excluding carboxylic acids is 1. The smallest absolute Gasteiger partial charge is 0.423 e. The fraction of sp³-hybridized carbons (Fsp3) is 0.533. The molecular formula is C15H25BN2O10. The molecule has 1 rings (SSSR count). The highest BCUT2D eigenvalue weighted by molar-refractivity contribution is 6.58. The van der Waals surface area contributed by atoms with Crippen LogP contribution in [0.5, 0.6) is 0 Å². The van der Waals surface area contributed by atoms with Crippen LogP contribution in [0.15, 0.2) is 24.3 Å². The topological polar surface area (TPSA) is 223 Å². The monoisotopic (exact) mass is 404 g/mol. The molecule has 1 aromatic rings. The molecule has 11 N–H and O–H groups in total. The van der Waals surface area contributed by atoms with Gasteiger partial charge >= 0.3 is 7.12 Å². The Morgan fingerprint density at radius 2 is 1.54 bits per heavy atom. The molecule has 0 aliphatic carbocycles. The Bertz CT molecular complexity index is 603. The number of amides is 1. The summed E-state index contributed by atoms with van der Waals surface area (Å²) in [5.74, 6) is -1.24. The molecule has 0 heterocycles. The van der Waals surface area contributed by atoms with E-state index in [0.29, 0.717) is 5.56 Å². The molecule has 0 saturated carbocycles. The van der Waals surface area contributed by atoms with E-state index in [-0.39, 0.29) is 11.9 Å². The van der Waals surface area contributed by atoms with Crippen LogP contribution in [0.25, 0.3) is 0 Å². The third kappa shape index (κ3) is 7.07. The van der Waals surface area contributed by atoms with Crippen LogP contribution < -0.4 is 16.3 Å². The Morgan fingerprint density at radius 1 is 0.964 bits per heavy atom. The third-order valence-corrected chi connectivity index (χ3v) is 4.00. The molecular weight excluding hydrogens is 379 g/mol. The number of aliphatic hydroxyl groups excluding tert-OH is 6. The number of hydrogen-bond donors (Lipinski definition) is 11. The summed E-state index contributed by atoms with van der Waals surface area (Å²) < 4.78 is 0. The molecule has 0 bridgehead atoms. The minimum absolute atomic E-state index is 0.0236. The summed E-state index contributed by atoms with van der Waals surface area (Å²) in [6, 6.07) is 4.67. The van der Waals surface area contributed by atoms with Crippen LogP contribution in [0, 0.1) is 0 Å². The van der Waals surface area contributed by atoms with E-state index in [2.05, 4.69) is 5.43 Å². The van der Waals surface area contributed by atoms with E-state index in [1.54, 1.807) is 0 Å². The molecule has 0 aliphatic heterocycles. The highest BCUT2D eigenvalue weighted by Gasteiger charge is 2.34. The number of carbonyl (C=O) groups is 1. The maximum Gasteiger partial charge on any atom is 0.488 e. The van der Waals surface area contributed by atoms with Crippen LogP contribution in [-0.2, 0) is 11.2 Å². The normalized spacial score (nSPS) is 16.9. The van der Waals surface area contributed by atoms with E-state index in [1.165, 1.54) is 24.3 Å². The first kappa shape index (κ1) is 24.4. The number of aliphatic hydroxyl groups is 7. The molecule has 5 atom stereocenters. The maximum absolute atomic E-state index is 11.8. The Kier molecular flexibility index (Phi) is 9.91. The van der Waals surface area contributed by atoms with Crippen LogP contribution in [-0.4, -0.2) is 102 Å². The molecule has 13 heteroatoms. The molecule has 28 heavy (non-hydrogen) atoms. The molecule has 12 nitrogen and oxygen atoms in total. The van der Waals surface area contributed by atoms with Crippen LogP contribution in [0.2, 0.25) is 0 Å². The fourth-order valence-corrected chi connectivity index (χ4v) is 2.23.